The van der Waals surface area contributed by atoms with Gasteiger partial charge in [-0.15, -0.1) is 0 Å². The molecule has 0 aromatic heterocycles. The van der Waals surface area contributed by atoms with Gasteiger partial charge in [-0.2, -0.15) is 0 Å². The number of unbranched alkanes of at least 4 members (excludes halogenated alkanes) is 2. The van der Waals surface area contributed by atoms with Crippen molar-refractivity contribution < 1.29 is 9.59 Å². The average molecular weight is 550 g/mol. The fraction of sp³-hybridized carbons (Fsp3) is 0.261. The van der Waals surface area contributed by atoms with Gasteiger partial charge in [-0.1, -0.05) is 60.2 Å². The Morgan fingerprint density at radius 3 is 2.50 bits per heavy atom. The second kappa shape index (κ2) is 11.1. The number of anilines is 1. The maximum atomic E-state index is 12.7. The molecule has 1 aliphatic rings. The van der Waals surface area contributed by atoms with E-state index in [1.54, 1.807) is 4.90 Å². The van der Waals surface area contributed by atoms with E-state index in [1.807, 2.05) is 61.5 Å². The lowest BCUT2D eigenvalue weighted by Crippen LogP contribution is -2.29. The van der Waals surface area contributed by atoms with Crippen LogP contribution in [0.4, 0.5) is 5.69 Å². The third-order valence-electron chi connectivity index (χ3n) is 4.66. The Kier molecular flexibility index (Phi) is 8.47. The molecule has 0 aliphatic carbocycles. The van der Waals surface area contributed by atoms with Gasteiger partial charge in [0.25, 0.3) is 5.91 Å². The molecular weight excluding hydrogens is 527 g/mol. The van der Waals surface area contributed by atoms with Crippen LogP contribution in [0.5, 0.6) is 0 Å². The highest BCUT2D eigenvalue weighted by Crippen LogP contribution is 2.32. The number of benzene rings is 2. The standard InChI is InChI=1S/C23H23IN2O2S2/c1-16-6-8-17(9-7-16)15-20-22(28)26(23(29)30-20)14-4-2-3-5-21(27)25-19-12-10-18(24)11-13-19/h6-13,15H,2-5,14H2,1H3,(H,25,27). The number of nitrogens with zero attached hydrogens (tertiary/aromatic N) is 1. The van der Waals surface area contributed by atoms with Crippen LogP contribution in [0.1, 0.15) is 36.8 Å². The van der Waals surface area contributed by atoms with Crippen molar-refractivity contribution in [3.63, 3.8) is 0 Å². The first-order valence-electron chi connectivity index (χ1n) is 9.80. The van der Waals surface area contributed by atoms with Crippen molar-refractivity contribution in [1.29, 1.82) is 0 Å². The lowest BCUT2D eigenvalue weighted by Gasteiger charge is -2.14. The van der Waals surface area contributed by atoms with E-state index in [0.29, 0.717) is 22.2 Å². The van der Waals surface area contributed by atoms with Crippen molar-refractivity contribution in [3.8, 4) is 0 Å². The summed E-state index contributed by atoms with van der Waals surface area (Å²) in [6.45, 7) is 2.63. The molecule has 0 radical (unpaired) electrons. The third kappa shape index (κ3) is 6.65. The molecule has 3 rings (SSSR count). The minimum Gasteiger partial charge on any atom is -0.326 e. The van der Waals surface area contributed by atoms with Crippen LogP contribution in [0.3, 0.4) is 0 Å². The van der Waals surface area contributed by atoms with E-state index in [9.17, 15) is 9.59 Å². The SMILES string of the molecule is Cc1ccc(C=C2SC(=S)N(CCCCCC(=O)Nc3ccc(I)cc3)C2=O)cc1. The number of hydrogen-bond donors (Lipinski definition) is 1. The summed E-state index contributed by atoms with van der Waals surface area (Å²) in [7, 11) is 0. The largest absolute Gasteiger partial charge is 0.326 e. The van der Waals surface area contributed by atoms with Crippen molar-refractivity contribution in [2.24, 2.45) is 0 Å². The Hall–Kier alpha value is -1.71. The number of hydrogen-bond acceptors (Lipinski definition) is 4. The molecule has 2 aromatic rings. The first-order chi connectivity index (χ1) is 14.4. The minimum absolute atomic E-state index is 0.0165. The van der Waals surface area contributed by atoms with E-state index in [2.05, 4.69) is 27.9 Å². The zero-order valence-electron chi connectivity index (χ0n) is 16.7. The Balaban J connectivity index is 1.40. The highest BCUT2D eigenvalue weighted by molar-refractivity contribution is 14.1. The molecule has 0 spiro atoms. The van der Waals surface area contributed by atoms with Crippen LogP contribution in [0.15, 0.2) is 53.4 Å². The number of rotatable bonds is 8. The topological polar surface area (TPSA) is 49.4 Å². The van der Waals surface area contributed by atoms with Crippen LogP contribution in [-0.2, 0) is 9.59 Å². The van der Waals surface area contributed by atoms with Crippen molar-refractivity contribution in [2.45, 2.75) is 32.6 Å². The van der Waals surface area contributed by atoms with Gasteiger partial charge in [0.1, 0.15) is 4.32 Å². The molecule has 0 atom stereocenters. The highest BCUT2D eigenvalue weighted by Gasteiger charge is 2.31. The minimum atomic E-state index is -0.0259. The number of thioether (sulfide) groups is 1. The van der Waals surface area contributed by atoms with E-state index in [-0.39, 0.29) is 11.8 Å². The monoisotopic (exact) mass is 550 g/mol. The molecule has 1 fully saturated rings. The zero-order valence-corrected chi connectivity index (χ0v) is 20.5. The van der Waals surface area contributed by atoms with Gasteiger partial charge in [0.15, 0.2) is 0 Å². The Bertz CT molecular complexity index is 956. The van der Waals surface area contributed by atoms with Gasteiger partial charge < -0.3 is 5.32 Å². The van der Waals surface area contributed by atoms with Gasteiger partial charge in [0.2, 0.25) is 5.91 Å². The Morgan fingerprint density at radius 2 is 1.80 bits per heavy atom. The number of amides is 2. The molecule has 1 heterocycles. The number of carbonyl (C=O) groups excluding carboxylic acids is 2. The van der Waals surface area contributed by atoms with Gasteiger partial charge in [-0.25, -0.2) is 0 Å². The Morgan fingerprint density at radius 1 is 1.10 bits per heavy atom. The summed E-state index contributed by atoms with van der Waals surface area (Å²) in [4.78, 5) is 27.1. The summed E-state index contributed by atoms with van der Waals surface area (Å²) in [6.07, 6.45) is 4.84. The van der Waals surface area contributed by atoms with Gasteiger partial charge in [-0.3, -0.25) is 14.5 Å². The van der Waals surface area contributed by atoms with Gasteiger partial charge in [-0.05, 0) is 78.3 Å². The van der Waals surface area contributed by atoms with Crippen molar-refractivity contribution in [3.05, 3.63) is 68.1 Å². The number of halogens is 1. The van der Waals surface area contributed by atoms with Crippen molar-refractivity contribution >= 4 is 74.5 Å². The molecule has 7 heteroatoms. The van der Waals surface area contributed by atoms with Crippen LogP contribution >= 0.6 is 46.6 Å². The van der Waals surface area contributed by atoms with E-state index >= 15 is 0 Å². The smallest absolute Gasteiger partial charge is 0.266 e. The quantitative estimate of drug-likeness (QED) is 0.190. The molecule has 0 bridgehead atoms. The summed E-state index contributed by atoms with van der Waals surface area (Å²) in [5.41, 5.74) is 3.01. The second-order valence-corrected chi connectivity index (χ2v) is 10.0. The summed E-state index contributed by atoms with van der Waals surface area (Å²) in [5.74, 6) is -0.00937. The number of aryl methyl sites for hydroxylation is 1. The van der Waals surface area contributed by atoms with Gasteiger partial charge in [0.05, 0.1) is 4.91 Å². The normalized spacial score (nSPS) is 15.1. The molecule has 1 saturated heterocycles. The van der Waals surface area contributed by atoms with Crippen LogP contribution < -0.4 is 5.32 Å². The lowest BCUT2D eigenvalue weighted by molar-refractivity contribution is -0.122. The molecule has 0 saturated carbocycles. The summed E-state index contributed by atoms with van der Waals surface area (Å²) in [5, 5.41) is 2.91. The zero-order chi connectivity index (χ0) is 21.5. The molecular formula is C23H23IN2O2S2. The Labute approximate surface area is 200 Å². The number of thiocarbonyl (C=S) groups is 1. The van der Waals surface area contributed by atoms with Crippen molar-refractivity contribution in [1.82, 2.24) is 4.90 Å². The third-order valence-corrected chi connectivity index (χ3v) is 6.76. The first-order valence-corrected chi connectivity index (χ1v) is 12.1. The fourth-order valence-corrected chi connectivity index (χ4v) is 4.66. The fourth-order valence-electron chi connectivity index (χ4n) is 3.00. The number of nitrogens with one attached hydrogen (secondary N) is 1. The van der Waals surface area contributed by atoms with E-state index < -0.39 is 0 Å². The van der Waals surface area contributed by atoms with Crippen LogP contribution in [0.25, 0.3) is 6.08 Å². The lowest BCUT2D eigenvalue weighted by atomic mass is 10.1. The predicted molar refractivity (Wildman–Crippen MR) is 137 cm³/mol. The van der Waals surface area contributed by atoms with E-state index in [1.165, 1.54) is 17.3 Å². The number of carbonyl (C=O) groups is 2. The van der Waals surface area contributed by atoms with Gasteiger partial charge >= 0.3 is 0 Å². The van der Waals surface area contributed by atoms with Crippen LogP contribution in [0.2, 0.25) is 0 Å². The molecule has 156 valence electrons. The maximum Gasteiger partial charge on any atom is 0.266 e. The van der Waals surface area contributed by atoms with Crippen LogP contribution in [0, 0.1) is 10.5 Å². The van der Waals surface area contributed by atoms with Crippen LogP contribution in [-0.4, -0.2) is 27.6 Å². The summed E-state index contributed by atoms with van der Waals surface area (Å²) >= 11 is 8.99. The molecule has 2 aromatic carbocycles. The summed E-state index contributed by atoms with van der Waals surface area (Å²) < 4.78 is 1.74. The average Bonchev–Trinajstić information content (AvgIpc) is 2.98. The molecule has 4 nitrogen and oxygen atoms in total. The predicted octanol–water partition coefficient (Wildman–Crippen LogP) is 6.00. The second-order valence-electron chi connectivity index (χ2n) is 7.11. The van der Waals surface area contributed by atoms with E-state index in [4.69, 9.17) is 12.2 Å². The first kappa shape index (κ1) is 23.0. The highest BCUT2D eigenvalue weighted by atomic mass is 127. The maximum absolute atomic E-state index is 12.7. The molecule has 1 aliphatic heterocycles. The summed E-state index contributed by atoms with van der Waals surface area (Å²) in [6, 6.07) is 15.8. The molecule has 1 N–H and O–H groups in total. The van der Waals surface area contributed by atoms with Gasteiger partial charge in [0, 0.05) is 22.2 Å². The molecule has 2 amide bonds. The van der Waals surface area contributed by atoms with Crippen molar-refractivity contribution in [2.75, 3.05) is 11.9 Å². The molecule has 0 unspecified atom stereocenters. The van der Waals surface area contributed by atoms with E-state index in [0.717, 1.165) is 34.1 Å². The molecule has 30 heavy (non-hydrogen) atoms.